The zero-order chi connectivity index (χ0) is 16.2. The van der Waals surface area contributed by atoms with Gasteiger partial charge in [0.25, 0.3) is 0 Å². The Morgan fingerprint density at radius 3 is 2.43 bits per heavy atom. The van der Waals surface area contributed by atoms with Crippen LogP contribution in [0.15, 0.2) is 11.6 Å². The van der Waals surface area contributed by atoms with Crippen molar-refractivity contribution in [3.8, 4) is 0 Å². The molecule has 1 fully saturated rings. The summed E-state index contributed by atoms with van der Waals surface area (Å²) in [6.07, 6.45) is 2.48. The molecule has 4 nitrogen and oxygen atoms in total. The molecule has 1 saturated heterocycles. The highest BCUT2D eigenvalue weighted by Crippen LogP contribution is 2.31. The molecule has 21 heavy (non-hydrogen) atoms. The van der Waals surface area contributed by atoms with Gasteiger partial charge in [-0.05, 0) is 33.1 Å². The molecule has 1 heterocycles. The van der Waals surface area contributed by atoms with Gasteiger partial charge in [-0.25, -0.2) is 0 Å². The van der Waals surface area contributed by atoms with Crippen LogP contribution in [-0.4, -0.2) is 39.9 Å². The average Bonchev–Trinajstić information content (AvgIpc) is 2.81. The predicted octanol–water partition coefficient (Wildman–Crippen LogP) is 2.79. The van der Waals surface area contributed by atoms with Gasteiger partial charge in [0.2, 0.25) is 11.8 Å². The molecule has 1 aliphatic rings. The van der Waals surface area contributed by atoms with Gasteiger partial charge >= 0.3 is 0 Å². The Hall–Kier alpha value is -0.970. The normalized spacial score (nSPS) is 23.1. The summed E-state index contributed by atoms with van der Waals surface area (Å²) in [5, 5.41) is 3.13. The van der Waals surface area contributed by atoms with E-state index in [2.05, 4.69) is 26.1 Å². The number of thioether (sulfide) groups is 1. The zero-order valence-corrected chi connectivity index (χ0v) is 14.8. The van der Waals surface area contributed by atoms with E-state index in [1.54, 1.807) is 22.7 Å². The number of carbonyl (C=O) groups is 2. The number of nitrogens with zero attached hydrogens (tertiary/aromatic N) is 1. The average molecular weight is 312 g/mol. The summed E-state index contributed by atoms with van der Waals surface area (Å²) in [5.41, 5.74) is 0.960. The van der Waals surface area contributed by atoms with E-state index in [-0.39, 0.29) is 29.3 Å². The first-order valence-electron chi connectivity index (χ1n) is 7.67. The van der Waals surface area contributed by atoms with Crippen LogP contribution in [0.5, 0.6) is 0 Å². The minimum Gasteiger partial charge on any atom is -0.352 e. The van der Waals surface area contributed by atoms with Gasteiger partial charge in [-0.3, -0.25) is 9.59 Å². The Balaban J connectivity index is 2.86. The van der Waals surface area contributed by atoms with Gasteiger partial charge in [0.15, 0.2) is 0 Å². The molecular formula is C16H28N2O2S. The minimum absolute atomic E-state index is 0.0323. The number of nitrogens with one attached hydrogen (secondary N) is 1. The largest absolute Gasteiger partial charge is 0.352 e. The lowest BCUT2D eigenvalue weighted by molar-refractivity contribution is -0.136. The fourth-order valence-electron chi connectivity index (χ4n) is 2.18. The Labute approximate surface area is 132 Å². The van der Waals surface area contributed by atoms with Gasteiger partial charge < -0.3 is 10.2 Å². The highest BCUT2D eigenvalue weighted by atomic mass is 32.2. The van der Waals surface area contributed by atoms with Crippen molar-refractivity contribution in [2.75, 3.05) is 5.75 Å². The fraction of sp³-hybridized carbons (Fsp3) is 0.750. The van der Waals surface area contributed by atoms with Crippen molar-refractivity contribution in [1.82, 2.24) is 10.2 Å². The maximum atomic E-state index is 12.5. The second-order valence-electron chi connectivity index (χ2n) is 6.22. The van der Waals surface area contributed by atoms with Crippen molar-refractivity contribution in [2.24, 2.45) is 5.92 Å². The van der Waals surface area contributed by atoms with E-state index in [1.165, 1.54) is 0 Å². The Bertz CT molecular complexity index is 417. The summed E-state index contributed by atoms with van der Waals surface area (Å²) >= 11 is 1.69. The van der Waals surface area contributed by atoms with E-state index in [1.807, 2.05) is 20.8 Å². The first kappa shape index (κ1) is 18.1. The maximum Gasteiger partial charge on any atom is 0.248 e. The molecule has 0 aromatic rings. The molecule has 2 amide bonds. The Kier molecular flexibility index (Phi) is 6.78. The van der Waals surface area contributed by atoms with Gasteiger partial charge in [0.1, 0.15) is 6.04 Å². The van der Waals surface area contributed by atoms with Crippen LogP contribution >= 0.6 is 11.8 Å². The lowest BCUT2D eigenvalue weighted by atomic mass is 10.1. The van der Waals surface area contributed by atoms with E-state index in [0.717, 1.165) is 12.0 Å². The van der Waals surface area contributed by atoms with E-state index in [4.69, 9.17) is 0 Å². The third-order valence-corrected chi connectivity index (χ3v) is 5.23. The smallest absolute Gasteiger partial charge is 0.248 e. The molecule has 1 rings (SSSR count). The van der Waals surface area contributed by atoms with Crippen LogP contribution < -0.4 is 5.32 Å². The van der Waals surface area contributed by atoms with Crippen LogP contribution in [-0.2, 0) is 9.59 Å². The summed E-state index contributed by atoms with van der Waals surface area (Å²) in [7, 11) is 0. The van der Waals surface area contributed by atoms with Crippen LogP contribution in [0.1, 0.15) is 48.0 Å². The zero-order valence-electron chi connectivity index (χ0n) is 14.0. The summed E-state index contributed by atoms with van der Waals surface area (Å²) in [6.45, 7) is 12.0. The van der Waals surface area contributed by atoms with Crippen molar-refractivity contribution in [3.05, 3.63) is 11.6 Å². The molecule has 0 aromatic carbocycles. The third-order valence-electron chi connectivity index (χ3n) is 3.78. The molecule has 3 unspecified atom stereocenters. The molecule has 120 valence electrons. The lowest BCUT2D eigenvalue weighted by Gasteiger charge is -2.29. The molecule has 0 spiro atoms. The van der Waals surface area contributed by atoms with Crippen LogP contribution in [0.25, 0.3) is 0 Å². The quantitative estimate of drug-likeness (QED) is 0.794. The molecule has 5 heteroatoms. The van der Waals surface area contributed by atoms with Gasteiger partial charge in [-0.15, -0.1) is 11.8 Å². The highest BCUT2D eigenvalue weighted by Gasteiger charge is 2.40. The van der Waals surface area contributed by atoms with Crippen LogP contribution in [0.2, 0.25) is 0 Å². The van der Waals surface area contributed by atoms with Gasteiger partial charge in [0, 0.05) is 17.9 Å². The van der Waals surface area contributed by atoms with E-state index in [0.29, 0.717) is 11.7 Å². The van der Waals surface area contributed by atoms with Crippen LogP contribution in [0, 0.1) is 5.92 Å². The van der Waals surface area contributed by atoms with Gasteiger partial charge in [-0.1, -0.05) is 26.3 Å². The number of hydrogen-bond acceptors (Lipinski definition) is 3. The molecule has 3 atom stereocenters. The van der Waals surface area contributed by atoms with Crippen LogP contribution in [0.4, 0.5) is 0 Å². The number of carbonyl (C=O) groups excluding carboxylic acids is 2. The summed E-state index contributed by atoms with van der Waals surface area (Å²) in [5.74, 6) is 0.976. The molecule has 1 aliphatic heterocycles. The van der Waals surface area contributed by atoms with Crippen molar-refractivity contribution >= 4 is 23.6 Å². The number of hydrogen-bond donors (Lipinski definition) is 1. The summed E-state index contributed by atoms with van der Waals surface area (Å²) in [6, 6.07) is -0.243. The van der Waals surface area contributed by atoms with Gasteiger partial charge in [0.05, 0.1) is 5.37 Å². The van der Waals surface area contributed by atoms with Crippen molar-refractivity contribution in [3.63, 3.8) is 0 Å². The van der Waals surface area contributed by atoms with Crippen molar-refractivity contribution in [1.29, 1.82) is 0 Å². The van der Waals surface area contributed by atoms with Crippen molar-refractivity contribution < 1.29 is 9.59 Å². The predicted molar refractivity (Wildman–Crippen MR) is 89.0 cm³/mol. The molecule has 0 radical (unpaired) electrons. The van der Waals surface area contributed by atoms with Gasteiger partial charge in [-0.2, -0.15) is 0 Å². The SMILES string of the molecule is CCC1SCC(C(=O)NC(C)C(C)C)N1C(=O)C=C(C)C. The molecule has 0 bridgehead atoms. The second-order valence-corrected chi connectivity index (χ2v) is 7.43. The number of amides is 2. The summed E-state index contributed by atoms with van der Waals surface area (Å²) < 4.78 is 0. The molecule has 0 saturated carbocycles. The first-order valence-corrected chi connectivity index (χ1v) is 8.72. The molecule has 1 N–H and O–H groups in total. The fourth-order valence-corrected chi connectivity index (χ4v) is 3.55. The Morgan fingerprint density at radius 1 is 1.33 bits per heavy atom. The van der Waals surface area contributed by atoms with E-state index >= 15 is 0 Å². The number of allylic oxidation sites excluding steroid dienone is 1. The topological polar surface area (TPSA) is 49.4 Å². The first-order chi connectivity index (χ1) is 9.77. The monoisotopic (exact) mass is 312 g/mol. The third kappa shape index (κ3) is 4.77. The minimum atomic E-state index is -0.357. The number of rotatable bonds is 5. The van der Waals surface area contributed by atoms with Crippen molar-refractivity contribution in [2.45, 2.75) is 65.4 Å². The molecule has 0 aromatic heterocycles. The highest BCUT2D eigenvalue weighted by molar-refractivity contribution is 8.00. The second kappa shape index (κ2) is 7.87. The summed E-state index contributed by atoms with van der Waals surface area (Å²) in [4.78, 5) is 26.6. The molecule has 0 aliphatic carbocycles. The van der Waals surface area contributed by atoms with Crippen LogP contribution in [0.3, 0.4) is 0 Å². The lowest BCUT2D eigenvalue weighted by Crippen LogP contribution is -2.51. The standard InChI is InChI=1S/C16H28N2O2S/c1-7-15-18(14(19)8-10(2)3)13(9-21-15)16(20)17-12(6)11(4)5/h8,11-13,15H,7,9H2,1-6H3,(H,17,20). The van der Waals surface area contributed by atoms with E-state index in [9.17, 15) is 9.59 Å². The maximum absolute atomic E-state index is 12.5. The Morgan fingerprint density at radius 2 is 1.95 bits per heavy atom. The van der Waals surface area contributed by atoms with E-state index < -0.39 is 0 Å². The molecular weight excluding hydrogens is 284 g/mol.